The minimum absolute atomic E-state index is 0.161. The smallest absolute Gasteiger partial charge is 0.303 e. The number of para-hydroxylation sites is 1. The van der Waals surface area contributed by atoms with Crippen molar-refractivity contribution in [1.82, 2.24) is 0 Å². The lowest BCUT2D eigenvalue weighted by molar-refractivity contribution is -0.136. The zero-order valence-corrected chi connectivity index (χ0v) is 11.1. The van der Waals surface area contributed by atoms with Gasteiger partial charge in [-0.3, -0.25) is 4.79 Å². The highest BCUT2D eigenvalue weighted by atomic mass is 16.4. The summed E-state index contributed by atoms with van der Waals surface area (Å²) in [7, 11) is 0. The molecule has 1 aromatic rings. The van der Waals surface area contributed by atoms with Gasteiger partial charge >= 0.3 is 5.97 Å². The van der Waals surface area contributed by atoms with Crippen LogP contribution in [0.2, 0.25) is 0 Å². The first kappa shape index (κ1) is 13.9. The van der Waals surface area contributed by atoms with E-state index in [4.69, 9.17) is 5.11 Å². The van der Waals surface area contributed by atoms with Gasteiger partial charge in [0, 0.05) is 31.8 Å². The van der Waals surface area contributed by atoms with E-state index in [0.29, 0.717) is 12.3 Å². The Hall–Kier alpha value is -1.55. The maximum absolute atomic E-state index is 10.7. The Morgan fingerprint density at radius 2 is 2.16 bits per heavy atom. The zero-order chi connectivity index (χ0) is 13.7. The second-order valence-corrected chi connectivity index (χ2v) is 5.16. The first-order chi connectivity index (χ1) is 9.20. The van der Waals surface area contributed by atoms with Crippen LogP contribution in [0.4, 0.5) is 5.69 Å². The highest BCUT2D eigenvalue weighted by molar-refractivity contribution is 5.68. The standard InChI is InChI=1S/C15H21NO3/c17-11-12-4-3-9-16(10-12)14-6-2-1-5-13(14)7-8-15(18)19/h1-2,5-6,12,17H,3-4,7-11H2,(H,18,19). The highest BCUT2D eigenvalue weighted by Gasteiger charge is 2.21. The van der Waals surface area contributed by atoms with Gasteiger partial charge in [-0.1, -0.05) is 18.2 Å². The number of aliphatic carboxylic acids is 1. The molecule has 1 fully saturated rings. The summed E-state index contributed by atoms with van der Waals surface area (Å²) in [5.41, 5.74) is 2.21. The number of rotatable bonds is 5. The van der Waals surface area contributed by atoms with Crippen LogP contribution in [-0.4, -0.2) is 35.9 Å². The number of carboxylic acids is 1. The molecular formula is C15H21NO3. The molecule has 1 atom stereocenters. The van der Waals surface area contributed by atoms with E-state index in [0.717, 1.165) is 37.2 Å². The van der Waals surface area contributed by atoms with Gasteiger partial charge in [-0.2, -0.15) is 0 Å². The van der Waals surface area contributed by atoms with E-state index in [1.165, 1.54) is 0 Å². The second kappa shape index (κ2) is 6.57. The normalized spacial score (nSPS) is 19.4. The molecule has 1 saturated heterocycles. The van der Waals surface area contributed by atoms with Crippen LogP contribution >= 0.6 is 0 Å². The molecule has 0 radical (unpaired) electrons. The number of piperidine rings is 1. The number of carboxylic acid groups (broad SMARTS) is 1. The van der Waals surface area contributed by atoms with Crippen LogP contribution in [-0.2, 0) is 11.2 Å². The van der Waals surface area contributed by atoms with Gasteiger partial charge in [0.2, 0.25) is 0 Å². The fourth-order valence-electron chi connectivity index (χ4n) is 2.71. The molecule has 1 heterocycles. The van der Waals surface area contributed by atoms with Crippen LogP contribution in [0.5, 0.6) is 0 Å². The van der Waals surface area contributed by atoms with E-state index in [-0.39, 0.29) is 13.0 Å². The average Bonchev–Trinajstić information content (AvgIpc) is 2.45. The van der Waals surface area contributed by atoms with Crippen molar-refractivity contribution in [3.63, 3.8) is 0 Å². The van der Waals surface area contributed by atoms with Crippen molar-refractivity contribution >= 4 is 11.7 Å². The van der Waals surface area contributed by atoms with Crippen molar-refractivity contribution in [2.24, 2.45) is 5.92 Å². The van der Waals surface area contributed by atoms with Crippen LogP contribution in [0.25, 0.3) is 0 Å². The van der Waals surface area contributed by atoms with E-state index in [9.17, 15) is 9.90 Å². The van der Waals surface area contributed by atoms with E-state index < -0.39 is 5.97 Å². The van der Waals surface area contributed by atoms with Gasteiger partial charge in [0.15, 0.2) is 0 Å². The van der Waals surface area contributed by atoms with E-state index in [1.807, 2.05) is 18.2 Å². The Bertz CT molecular complexity index is 433. The van der Waals surface area contributed by atoms with Gasteiger partial charge in [-0.05, 0) is 36.8 Å². The minimum Gasteiger partial charge on any atom is -0.481 e. The number of benzene rings is 1. The molecule has 19 heavy (non-hydrogen) atoms. The molecule has 1 aliphatic rings. The Morgan fingerprint density at radius 1 is 1.37 bits per heavy atom. The number of anilines is 1. The van der Waals surface area contributed by atoms with Crippen molar-refractivity contribution < 1.29 is 15.0 Å². The van der Waals surface area contributed by atoms with Gasteiger partial charge in [-0.25, -0.2) is 0 Å². The van der Waals surface area contributed by atoms with Crippen LogP contribution in [0.15, 0.2) is 24.3 Å². The fraction of sp³-hybridized carbons (Fsp3) is 0.533. The minimum atomic E-state index is -0.762. The molecule has 0 spiro atoms. The Kier molecular flexibility index (Phi) is 4.80. The lowest BCUT2D eigenvalue weighted by atomic mass is 9.97. The summed E-state index contributed by atoms with van der Waals surface area (Å²) in [5, 5.41) is 18.1. The molecule has 1 aliphatic heterocycles. The third-order valence-electron chi connectivity index (χ3n) is 3.72. The molecule has 1 aromatic carbocycles. The van der Waals surface area contributed by atoms with Crippen molar-refractivity contribution in [3.05, 3.63) is 29.8 Å². The van der Waals surface area contributed by atoms with Gasteiger partial charge < -0.3 is 15.1 Å². The molecule has 4 heteroatoms. The molecule has 2 rings (SSSR count). The molecule has 104 valence electrons. The van der Waals surface area contributed by atoms with Gasteiger partial charge in [0.25, 0.3) is 0 Å². The van der Waals surface area contributed by atoms with E-state index in [1.54, 1.807) is 0 Å². The van der Waals surface area contributed by atoms with Crippen LogP contribution < -0.4 is 4.90 Å². The average molecular weight is 263 g/mol. The molecular weight excluding hydrogens is 242 g/mol. The topological polar surface area (TPSA) is 60.8 Å². The summed E-state index contributed by atoms with van der Waals surface area (Å²) < 4.78 is 0. The first-order valence-corrected chi connectivity index (χ1v) is 6.86. The van der Waals surface area contributed by atoms with Gasteiger partial charge in [-0.15, -0.1) is 0 Å². The molecule has 0 bridgehead atoms. The Morgan fingerprint density at radius 3 is 2.89 bits per heavy atom. The van der Waals surface area contributed by atoms with Gasteiger partial charge in [0.1, 0.15) is 0 Å². The zero-order valence-electron chi connectivity index (χ0n) is 11.1. The number of aliphatic hydroxyl groups is 1. The maximum Gasteiger partial charge on any atom is 0.303 e. The number of nitrogens with zero attached hydrogens (tertiary/aromatic N) is 1. The third-order valence-corrected chi connectivity index (χ3v) is 3.72. The summed E-state index contributed by atoms with van der Waals surface area (Å²) in [5.74, 6) is -0.428. The van der Waals surface area contributed by atoms with Crippen LogP contribution in [0, 0.1) is 5.92 Å². The number of hydrogen-bond donors (Lipinski definition) is 2. The summed E-state index contributed by atoms with van der Waals surface area (Å²) in [6.45, 7) is 2.08. The summed E-state index contributed by atoms with van der Waals surface area (Å²) in [6.07, 6.45) is 2.88. The number of hydrogen-bond acceptors (Lipinski definition) is 3. The lowest BCUT2D eigenvalue weighted by Crippen LogP contribution is -2.37. The maximum atomic E-state index is 10.7. The monoisotopic (exact) mass is 263 g/mol. The molecule has 0 saturated carbocycles. The predicted molar refractivity (Wildman–Crippen MR) is 74.4 cm³/mol. The molecule has 4 nitrogen and oxygen atoms in total. The molecule has 1 unspecified atom stereocenters. The largest absolute Gasteiger partial charge is 0.481 e. The SMILES string of the molecule is O=C(O)CCc1ccccc1N1CCCC(CO)C1. The van der Waals surface area contributed by atoms with E-state index >= 15 is 0 Å². The summed E-state index contributed by atoms with van der Waals surface area (Å²) >= 11 is 0. The molecule has 0 amide bonds. The van der Waals surface area contributed by atoms with Crippen molar-refractivity contribution in [1.29, 1.82) is 0 Å². The first-order valence-electron chi connectivity index (χ1n) is 6.86. The van der Waals surface area contributed by atoms with Crippen molar-refractivity contribution in [3.8, 4) is 0 Å². The molecule has 2 N–H and O–H groups in total. The fourth-order valence-corrected chi connectivity index (χ4v) is 2.71. The number of aryl methyl sites for hydroxylation is 1. The van der Waals surface area contributed by atoms with Crippen LogP contribution in [0.1, 0.15) is 24.8 Å². The predicted octanol–water partition coefficient (Wildman–Crippen LogP) is 1.91. The number of carbonyl (C=O) groups is 1. The van der Waals surface area contributed by atoms with E-state index in [2.05, 4.69) is 11.0 Å². The van der Waals surface area contributed by atoms with Gasteiger partial charge in [0.05, 0.1) is 0 Å². The quantitative estimate of drug-likeness (QED) is 0.852. The summed E-state index contributed by atoms with van der Waals surface area (Å²) in [6, 6.07) is 7.99. The van der Waals surface area contributed by atoms with Crippen molar-refractivity contribution in [2.75, 3.05) is 24.6 Å². The third kappa shape index (κ3) is 3.70. The Balaban J connectivity index is 2.11. The second-order valence-electron chi connectivity index (χ2n) is 5.16. The van der Waals surface area contributed by atoms with Crippen LogP contribution in [0.3, 0.4) is 0 Å². The molecule has 0 aromatic heterocycles. The Labute approximate surface area is 113 Å². The highest BCUT2D eigenvalue weighted by Crippen LogP contribution is 2.27. The van der Waals surface area contributed by atoms with Crippen molar-refractivity contribution in [2.45, 2.75) is 25.7 Å². The molecule has 0 aliphatic carbocycles. The number of aliphatic hydroxyl groups excluding tert-OH is 1. The summed E-state index contributed by atoms with van der Waals surface area (Å²) in [4.78, 5) is 13.0. The lowest BCUT2D eigenvalue weighted by Gasteiger charge is -2.34.